The summed E-state index contributed by atoms with van der Waals surface area (Å²) in [4.78, 5) is 16.9. The Bertz CT molecular complexity index is 875. The number of benzene rings is 1. The van der Waals surface area contributed by atoms with Gasteiger partial charge in [-0.2, -0.15) is 0 Å². The summed E-state index contributed by atoms with van der Waals surface area (Å²) < 4.78 is 5.38. The first-order valence-corrected chi connectivity index (χ1v) is 7.61. The van der Waals surface area contributed by atoms with Crippen LogP contribution in [0.2, 0.25) is 0 Å². The molecule has 1 N–H and O–H groups in total. The molecule has 24 heavy (non-hydrogen) atoms. The van der Waals surface area contributed by atoms with Crippen LogP contribution in [0, 0.1) is 27.7 Å². The van der Waals surface area contributed by atoms with Crippen molar-refractivity contribution >= 4 is 11.6 Å². The highest BCUT2D eigenvalue weighted by Gasteiger charge is 2.12. The van der Waals surface area contributed by atoms with Crippen molar-refractivity contribution in [2.45, 2.75) is 27.7 Å². The Morgan fingerprint density at radius 1 is 1.04 bits per heavy atom. The van der Waals surface area contributed by atoms with Crippen LogP contribution < -0.4 is 5.32 Å². The Hall–Kier alpha value is -3.02. The first-order valence-electron chi connectivity index (χ1n) is 7.61. The minimum atomic E-state index is -0.180. The molecule has 2 aromatic heterocycles. The number of carbonyl (C=O) groups excluding carboxylic acids is 1. The summed E-state index contributed by atoms with van der Waals surface area (Å²) >= 11 is 0. The molecule has 122 valence electrons. The van der Waals surface area contributed by atoms with Gasteiger partial charge >= 0.3 is 0 Å². The van der Waals surface area contributed by atoms with Crippen LogP contribution in [-0.4, -0.2) is 21.1 Å². The number of amides is 1. The molecule has 0 aliphatic heterocycles. The lowest BCUT2D eigenvalue weighted by Gasteiger charge is -2.12. The zero-order valence-corrected chi connectivity index (χ0v) is 14.0. The molecular weight excluding hydrogens is 304 g/mol. The molecule has 6 heteroatoms. The van der Waals surface area contributed by atoms with Crippen LogP contribution in [0.3, 0.4) is 0 Å². The molecular formula is C18H18N4O2. The molecule has 0 aliphatic carbocycles. The number of nitrogens with one attached hydrogen (secondary N) is 1. The maximum atomic E-state index is 12.5. The molecule has 0 saturated carbocycles. The van der Waals surface area contributed by atoms with E-state index in [1.807, 2.05) is 26.8 Å². The number of aryl methyl sites for hydroxylation is 4. The third-order valence-corrected chi connectivity index (χ3v) is 3.68. The van der Waals surface area contributed by atoms with E-state index in [0.717, 1.165) is 28.2 Å². The largest absolute Gasteiger partial charge is 0.421 e. The van der Waals surface area contributed by atoms with Crippen molar-refractivity contribution in [3.05, 3.63) is 58.7 Å². The molecule has 1 aromatic carbocycles. The lowest BCUT2D eigenvalue weighted by molar-refractivity contribution is 0.102. The van der Waals surface area contributed by atoms with E-state index in [1.165, 1.54) is 0 Å². The quantitative estimate of drug-likeness (QED) is 0.796. The van der Waals surface area contributed by atoms with Gasteiger partial charge in [0, 0.05) is 23.7 Å². The summed E-state index contributed by atoms with van der Waals surface area (Å²) in [5.41, 5.74) is 4.81. The van der Waals surface area contributed by atoms with Crippen LogP contribution in [-0.2, 0) is 0 Å². The van der Waals surface area contributed by atoms with Gasteiger partial charge in [0.25, 0.3) is 5.91 Å². The highest BCUT2D eigenvalue weighted by Crippen LogP contribution is 2.22. The topological polar surface area (TPSA) is 80.9 Å². The first-order chi connectivity index (χ1) is 11.4. The van der Waals surface area contributed by atoms with E-state index in [4.69, 9.17) is 4.42 Å². The smallest absolute Gasteiger partial charge is 0.255 e. The van der Waals surface area contributed by atoms with Crippen LogP contribution in [0.5, 0.6) is 0 Å². The Kier molecular flexibility index (Phi) is 4.12. The van der Waals surface area contributed by atoms with Gasteiger partial charge in [0.2, 0.25) is 11.8 Å². The van der Waals surface area contributed by atoms with Crippen molar-refractivity contribution in [1.82, 2.24) is 15.2 Å². The van der Waals surface area contributed by atoms with Gasteiger partial charge in [0.15, 0.2) is 0 Å². The lowest BCUT2D eigenvalue weighted by atomic mass is 10.1. The summed E-state index contributed by atoms with van der Waals surface area (Å²) in [7, 11) is 0. The molecule has 0 unspecified atom stereocenters. The van der Waals surface area contributed by atoms with Gasteiger partial charge in [0.1, 0.15) is 0 Å². The molecule has 0 fully saturated rings. The standard InChI is InChI=1S/C18H18N4O2/c1-10-9-11(2)19-12(3)16(10)20-17(23)14-5-7-15(8-6-14)18-22-21-13(4)24-18/h5-9H,1-4H3,(H,20,23). The summed E-state index contributed by atoms with van der Waals surface area (Å²) in [6, 6.07) is 8.99. The second-order valence-corrected chi connectivity index (χ2v) is 5.70. The fourth-order valence-electron chi connectivity index (χ4n) is 2.58. The molecule has 2 heterocycles. The number of hydrogen-bond acceptors (Lipinski definition) is 5. The molecule has 0 spiro atoms. The third kappa shape index (κ3) is 3.17. The highest BCUT2D eigenvalue weighted by atomic mass is 16.4. The maximum Gasteiger partial charge on any atom is 0.255 e. The van der Waals surface area contributed by atoms with Crippen LogP contribution in [0.15, 0.2) is 34.7 Å². The number of carbonyl (C=O) groups is 1. The van der Waals surface area contributed by atoms with Crippen molar-refractivity contribution in [2.24, 2.45) is 0 Å². The van der Waals surface area contributed by atoms with Gasteiger partial charge < -0.3 is 9.73 Å². The summed E-state index contributed by atoms with van der Waals surface area (Å²) in [5, 5.41) is 10.7. The highest BCUT2D eigenvalue weighted by molar-refractivity contribution is 6.05. The van der Waals surface area contributed by atoms with E-state index in [2.05, 4.69) is 20.5 Å². The first kappa shape index (κ1) is 15.9. The van der Waals surface area contributed by atoms with E-state index in [1.54, 1.807) is 31.2 Å². The SMILES string of the molecule is Cc1cc(C)c(NC(=O)c2ccc(-c3nnc(C)o3)cc2)c(C)n1. The maximum absolute atomic E-state index is 12.5. The predicted octanol–water partition coefficient (Wildman–Crippen LogP) is 3.62. The number of aromatic nitrogens is 3. The molecule has 6 nitrogen and oxygen atoms in total. The Balaban J connectivity index is 1.81. The van der Waals surface area contributed by atoms with Gasteiger partial charge in [-0.05, 0) is 56.7 Å². The van der Waals surface area contributed by atoms with E-state index in [-0.39, 0.29) is 5.91 Å². The molecule has 3 aromatic rings. The van der Waals surface area contributed by atoms with Gasteiger partial charge in [0.05, 0.1) is 11.4 Å². The third-order valence-electron chi connectivity index (χ3n) is 3.68. The van der Waals surface area contributed by atoms with Crippen LogP contribution in [0.25, 0.3) is 11.5 Å². The fraction of sp³-hybridized carbons (Fsp3) is 0.222. The summed E-state index contributed by atoms with van der Waals surface area (Å²) in [5.74, 6) is 0.763. The Labute approximate surface area is 140 Å². The van der Waals surface area contributed by atoms with E-state index in [0.29, 0.717) is 17.3 Å². The average molecular weight is 322 g/mol. The van der Waals surface area contributed by atoms with Crippen molar-refractivity contribution in [3.63, 3.8) is 0 Å². The second kappa shape index (κ2) is 6.23. The number of pyridine rings is 1. The van der Waals surface area contributed by atoms with Crippen molar-refractivity contribution < 1.29 is 9.21 Å². The van der Waals surface area contributed by atoms with Gasteiger partial charge in [-0.15, -0.1) is 10.2 Å². The molecule has 0 radical (unpaired) electrons. The number of hydrogen-bond donors (Lipinski definition) is 1. The molecule has 1 amide bonds. The predicted molar refractivity (Wildman–Crippen MR) is 90.9 cm³/mol. The molecule has 0 saturated heterocycles. The molecule has 0 aliphatic rings. The Morgan fingerprint density at radius 2 is 1.75 bits per heavy atom. The Morgan fingerprint density at radius 3 is 2.33 bits per heavy atom. The normalized spacial score (nSPS) is 10.7. The number of nitrogens with zero attached hydrogens (tertiary/aromatic N) is 3. The number of anilines is 1. The van der Waals surface area contributed by atoms with Crippen molar-refractivity contribution in [1.29, 1.82) is 0 Å². The van der Waals surface area contributed by atoms with E-state index >= 15 is 0 Å². The zero-order chi connectivity index (χ0) is 17.3. The van der Waals surface area contributed by atoms with Crippen molar-refractivity contribution in [2.75, 3.05) is 5.32 Å². The van der Waals surface area contributed by atoms with Crippen LogP contribution >= 0.6 is 0 Å². The average Bonchev–Trinajstić information content (AvgIpc) is 2.97. The summed E-state index contributed by atoms with van der Waals surface area (Å²) in [6.07, 6.45) is 0. The van der Waals surface area contributed by atoms with E-state index in [9.17, 15) is 4.79 Å². The molecule has 0 bridgehead atoms. The minimum absolute atomic E-state index is 0.180. The van der Waals surface area contributed by atoms with Gasteiger partial charge in [-0.3, -0.25) is 9.78 Å². The molecule has 0 atom stereocenters. The van der Waals surface area contributed by atoms with Crippen molar-refractivity contribution in [3.8, 4) is 11.5 Å². The minimum Gasteiger partial charge on any atom is -0.421 e. The second-order valence-electron chi connectivity index (χ2n) is 5.70. The van der Waals surface area contributed by atoms with Gasteiger partial charge in [-0.25, -0.2) is 0 Å². The van der Waals surface area contributed by atoms with Gasteiger partial charge in [-0.1, -0.05) is 0 Å². The van der Waals surface area contributed by atoms with Crippen LogP contribution in [0.1, 0.15) is 33.2 Å². The van der Waals surface area contributed by atoms with E-state index < -0.39 is 0 Å². The molecule has 3 rings (SSSR count). The zero-order valence-electron chi connectivity index (χ0n) is 14.0. The lowest BCUT2D eigenvalue weighted by Crippen LogP contribution is -2.14. The van der Waals surface area contributed by atoms with Crippen LogP contribution in [0.4, 0.5) is 5.69 Å². The number of rotatable bonds is 3. The monoisotopic (exact) mass is 322 g/mol. The summed E-state index contributed by atoms with van der Waals surface area (Å²) in [6.45, 7) is 7.51. The fourth-order valence-corrected chi connectivity index (χ4v) is 2.58.